The minimum Gasteiger partial charge on any atom is -0.467 e. The maximum Gasteiger partial charge on any atom is 0.236 e. The number of piperidine rings is 1. The van der Waals surface area contributed by atoms with Gasteiger partial charge in [-0.2, -0.15) is 0 Å². The van der Waals surface area contributed by atoms with Crippen LogP contribution >= 0.6 is 0 Å². The van der Waals surface area contributed by atoms with Gasteiger partial charge in [0.05, 0.1) is 18.8 Å². The molecule has 1 fully saturated rings. The Morgan fingerprint density at radius 3 is 2.55 bits per heavy atom. The van der Waals surface area contributed by atoms with Crippen LogP contribution in [0.4, 0.5) is 0 Å². The summed E-state index contributed by atoms with van der Waals surface area (Å²) in [5.74, 6) is 1.94. The van der Waals surface area contributed by atoms with Gasteiger partial charge in [0.1, 0.15) is 11.3 Å². The molecular weight excluding hydrogens is 390 g/mol. The van der Waals surface area contributed by atoms with Crippen molar-refractivity contribution in [2.24, 2.45) is 0 Å². The minimum atomic E-state index is -0.155. The van der Waals surface area contributed by atoms with E-state index in [1.54, 1.807) is 6.26 Å². The fraction of sp³-hybridized carbons (Fsp3) is 0.280. The van der Waals surface area contributed by atoms with Crippen LogP contribution in [-0.4, -0.2) is 35.4 Å². The molecule has 1 aliphatic rings. The van der Waals surface area contributed by atoms with Crippen molar-refractivity contribution < 1.29 is 13.6 Å². The molecule has 1 saturated heterocycles. The van der Waals surface area contributed by atoms with Crippen molar-refractivity contribution in [3.05, 3.63) is 90.2 Å². The highest BCUT2D eigenvalue weighted by atomic mass is 16.3. The van der Waals surface area contributed by atoms with E-state index in [9.17, 15) is 4.79 Å². The number of hydrogen-bond acceptors (Lipinski definition) is 5. The molecule has 6 nitrogen and oxygen atoms in total. The molecule has 0 radical (unpaired) electrons. The van der Waals surface area contributed by atoms with Crippen LogP contribution in [0.3, 0.4) is 0 Å². The molecule has 2 aromatic heterocycles. The van der Waals surface area contributed by atoms with Crippen LogP contribution in [0.2, 0.25) is 0 Å². The van der Waals surface area contributed by atoms with E-state index in [-0.39, 0.29) is 24.4 Å². The zero-order valence-electron chi connectivity index (χ0n) is 17.2. The predicted octanol–water partition coefficient (Wildman–Crippen LogP) is 4.51. The number of likely N-dealkylation sites (tertiary alicyclic amines) is 1. The van der Waals surface area contributed by atoms with Gasteiger partial charge in [-0.1, -0.05) is 42.5 Å². The molecule has 1 aliphatic heterocycles. The van der Waals surface area contributed by atoms with Gasteiger partial charge < -0.3 is 13.7 Å². The molecule has 6 heteroatoms. The average molecular weight is 415 g/mol. The number of rotatable bonds is 6. The Kier molecular flexibility index (Phi) is 5.54. The van der Waals surface area contributed by atoms with E-state index in [1.165, 1.54) is 0 Å². The molecule has 4 aromatic rings. The topological polar surface area (TPSA) is 71.5 Å². The highest BCUT2D eigenvalue weighted by molar-refractivity contribution is 5.78. The van der Waals surface area contributed by atoms with Crippen molar-refractivity contribution in [2.45, 2.75) is 24.8 Å². The summed E-state index contributed by atoms with van der Waals surface area (Å²) >= 11 is 0. The molecule has 0 bridgehead atoms. The molecule has 3 heterocycles. The number of carbonyl (C=O) groups excluding carboxylic acids is 1. The molecule has 1 N–H and O–H groups in total. The molecule has 0 aliphatic carbocycles. The van der Waals surface area contributed by atoms with Gasteiger partial charge in [0, 0.05) is 19.0 Å². The number of para-hydroxylation sites is 2. The lowest BCUT2D eigenvalue weighted by molar-refractivity contribution is -0.131. The first-order valence-electron chi connectivity index (χ1n) is 10.7. The molecule has 31 heavy (non-hydrogen) atoms. The SMILES string of the molecule is O=C(CN[C@@H](c1ccccc1)c1ccco1)N1CCC(c2nc3ccccc3o2)CC1. The second-order valence-electron chi connectivity index (χ2n) is 7.91. The number of nitrogens with one attached hydrogen (secondary N) is 1. The van der Waals surface area contributed by atoms with Crippen molar-refractivity contribution in [1.82, 2.24) is 15.2 Å². The highest BCUT2D eigenvalue weighted by Gasteiger charge is 2.27. The van der Waals surface area contributed by atoms with Crippen LogP contribution in [0.25, 0.3) is 11.1 Å². The van der Waals surface area contributed by atoms with Crippen LogP contribution in [0.15, 0.2) is 81.8 Å². The normalized spacial score (nSPS) is 15.9. The van der Waals surface area contributed by atoms with Gasteiger partial charge in [-0.25, -0.2) is 4.98 Å². The van der Waals surface area contributed by atoms with Gasteiger partial charge in [0.15, 0.2) is 11.5 Å². The first kappa shape index (κ1) is 19.6. The number of furan rings is 1. The van der Waals surface area contributed by atoms with Crippen molar-refractivity contribution in [1.29, 1.82) is 0 Å². The summed E-state index contributed by atoms with van der Waals surface area (Å²) < 4.78 is 11.5. The van der Waals surface area contributed by atoms with Crippen LogP contribution in [0.1, 0.15) is 42.0 Å². The molecule has 0 unspecified atom stereocenters. The van der Waals surface area contributed by atoms with Crippen LogP contribution in [0.5, 0.6) is 0 Å². The maximum atomic E-state index is 12.9. The first-order chi connectivity index (χ1) is 15.3. The van der Waals surface area contributed by atoms with Gasteiger partial charge in [-0.05, 0) is 42.7 Å². The second-order valence-corrected chi connectivity index (χ2v) is 7.91. The molecule has 0 saturated carbocycles. The summed E-state index contributed by atoms with van der Waals surface area (Å²) in [6.45, 7) is 1.68. The summed E-state index contributed by atoms with van der Waals surface area (Å²) in [7, 11) is 0. The van der Waals surface area contributed by atoms with E-state index in [0.717, 1.165) is 41.2 Å². The number of hydrogen-bond donors (Lipinski definition) is 1. The quantitative estimate of drug-likeness (QED) is 0.502. The Hall–Kier alpha value is -3.38. The van der Waals surface area contributed by atoms with Gasteiger partial charge in [-0.15, -0.1) is 0 Å². The van der Waals surface area contributed by atoms with E-state index in [2.05, 4.69) is 10.3 Å². The van der Waals surface area contributed by atoms with Crippen molar-refractivity contribution in [2.75, 3.05) is 19.6 Å². The van der Waals surface area contributed by atoms with Crippen molar-refractivity contribution in [3.63, 3.8) is 0 Å². The smallest absolute Gasteiger partial charge is 0.236 e. The Labute approximate surface area is 180 Å². The van der Waals surface area contributed by atoms with Gasteiger partial charge >= 0.3 is 0 Å². The zero-order valence-corrected chi connectivity index (χ0v) is 17.2. The van der Waals surface area contributed by atoms with Crippen LogP contribution in [0, 0.1) is 0 Å². The maximum absolute atomic E-state index is 12.9. The number of nitrogens with zero attached hydrogens (tertiary/aromatic N) is 2. The molecular formula is C25H25N3O3. The third kappa shape index (κ3) is 4.25. The number of fused-ring (bicyclic) bond motifs is 1. The molecule has 5 rings (SSSR count). The molecule has 0 spiro atoms. The third-order valence-corrected chi connectivity index (χ3v) is 5.93. The largest absolute Gasteiger partial charge is 0.467 e. The Balaban J connectivity index is 1.19. The highest BCUT2D eigenvalue weighted by Crippen LogP contribution is 2.30. The number of benzene rings is 2. The molecule has 2 aromatic carbocycles. The van der Waals surface area contributed by atoms with E-state index >= 15 is 0 Å². The Bertz CT molecular complexity index is 1100. The van der Waals surface area contributed by atoms with E-state index < -0.39 is 0 Å². The summed E-state index contributed by atoms with van der Waals surface area (Å²) in [6.07, 6.45) is 3.38. The molecule has 1 atom stereocenters. The van der Waals surface area contributed by atoms with Gasteiger partial charge in [-0.3, -0.25) is 10.1 Å². The van der Waals surface area contributed by atoms with Crippen molar-refractivity contribution >= 4 is 17.0 Å². The van der Waals surface area contributed by atoms with Gasteiger partial charge in [0.2, 0.25) is 5.91 Å². The van der Waals surface area contributed by atoms with E-state index in [4.69, 9.17) is 8.83 Å². The minimum absolute atomic E-state index is 0.100. The Morgan fingerprint density at radius 1 is 1.03 bits per heavy atom. The zero-order chi connectivity index (χ0) is 21.0. The lowest BCUT2D eigenvalue weighted by Gasteiger charge is -2.31. The summed E-state index contributed by atoms with van der Waals surface area (Å²) in [6, 6.07) is 21.5. The van der Waals surface area contributed by atoms with Crippen LogP contribution < -0.4 is 5.32 Å². The summed E-state index contributed by atoms with van der Waals surface area (Å²) in [5.41, 5.74) is 2.79. The van der Waals surface area contributed by atoms with Crippen molar-refractivity contribution in [3.8, 4) is 0 Å². The number of amides is 1. The lowest BCUT2D eigenvalue weighted by atomic mass is 9.96. The first-order valence-corrected chi connectivity index (χ1v) is 10.7. The molecule has 1 amide bonds. The molecule has 158 valence electrons. The number of aromatic nitrogens is 1. The fourth-order valence-electron chi connectivity index (χ4n) is 4.23. The summed E-state index contributed by atoms with van der Waals surface area (Å²) in [4.78, 5) is 19.4. The van der Waals surface area contributed by atoms with E-state index in [0.29, 0.717) is 13.1 Å². The Morgan fingerprint density at radius 2 is 1.81 bits per heavy atom. The summed E-state index contributed by atoms with van der Waals surface area (Å²) in [5, 5.41) is 3.38. The number of carbonyl (C=O) groups is 1. The monoisotopic (exact) mass is 415 g/mol. The number of oxazole rings is 1. The third-order valence-electron chi connectivity index (χ3n) is 5.93. The predicted molar refractivity (Wildman–Crippen MR) is 118 cm³/mol. The van der Waals surface area contributed by atoms with Gasteiger partial charge in [0.25, 0.3) is 0 Å². The van der Waals surface area contributed by atoms with Crippen LogP contribution in [-0.2, 0) is 4.79 Å². The average Bonchev–Trinajstić information content (AvgIpc) is 3.50. The fourth-order valence-corrected chi connectivity index (χ4v) is 4.23. The van der Waals surface area contributed by atoms with E-state index in [1.807, 2.05) is 71.6 Å². The lowest BCUT2D eigenvalue weighted by Crippen LogP contribution is -2.43. The standard InChI is InChI=1S/C25H25N3O3/c29-23(17-26-24(22-11-6-16-30-22)18-7-2-1-3-8-18)28-14-12-19(13-15-28)25-27-20-9-4-5-10-21(20)31-25/h1-11,16,19,24,26H,12-15,17H2/t24-/m0/s1. The second kappa shape index (κ2) is 8.78.